The van der Waals surface area contributed by atoms with Gasteiger partial charge in [0.1, 0.15) is 4.47 Å². The zero-order valence-corrected chi connectivity index (χ0v) is 15.7. The predicted octanol–water partition coefficient (Wildman–Crippen LogP) is 2.93. The summed E-state index contributed by atoms with van der Waals surface area (Å²) in [7, 11) is 1.65. The van der Waals surface area contributed by atoms with E-state index in [0.717, 1.165) is 38.2 Å². The van der Waals surface area contributed by atoms with Crippen molar-refractivity contribution in [3.63, 3.8) is 0 Å². The van der Waals surface area contributed by atoms with E-state index in [2.05, 4.69) is 62.4 Å². The van der Waals surface area contributed by atoms with Crippen molar-refractivity contribution in [2.75, 3.05) is 18.4 Å². The van der Waals surface area contributed by atoms with Crippen LogP contribution in [0.15, 0.2) is 39.7 Å². The van der Waals surface area contributed by atoms with Gasteiger partial charge in [-0.05, 0) is 41.3 Å². The number of halogens is 1. The van der Waals surface area contributed by atoms with E-state index in [-0.39, 0.29) is 5.56 Å². The lowest BCUT2D eigenvalue weighted by atomic mass is 10.0. The highest BCUT2D eigenvalue weighted by atomic mass is 79.9. The average molecular weight is 391 g/mol. The lowest BCUT2D eigenvalue weighted by molar-refractivity contribution is 0.211. The van der Waals surface area contributed by atoms with E-state index in [9.17, 15) is 4.79 Å². The van der Waals surface area contributed by atoms with Crippen molar-refractivity contribution >= 4 is 21.6 Å². The summed E-state index contributed by atoms with van der Waals surface area (Å²) in [5.74, 6) is 0. The van der Waals surface area contributed by atoms with Crippen LogP contribution in [0.4, 0.5) is 5.69 Å². The quantitative estimate of drug-likeness (QED) is 0.871. The fraction of sp³-hybridized carbons (Fsp3) is 0.444. The molecule has 0 atom stereocenters. The molecule has 0 radical (unpaired) electrons. The van der Waals surface area contributed by atoms with Gasteiger partial charge in [0, 0.05) is 32.7 Å². The topological polar surface area (TPSA) is 50.2 Å². The van der Waals surface area contributed by atoms with Crippen molar-refractivity contribution in [3.05, 3.63) is 56.4 Å². The summed E-state index contributed by atoms with van der Waals surface area (Å²) >= 11 is 3.37. The smallest absolute Gasteiger partial charge is 0.282 e. The van der Waals surface area contributed by atoms with Crippen LogP contribution in [0.1, 0.15) is 24.0 Å². The minimum absolute atomic E-state index is 0.114. The molecule has 3 rings (SSSR count). The van der Waals surface area contributed by atoms with Crippen LogP contribution in [-0.4, -0.2) is 33.8 Å². The summed E-state index contributed by atoms with van der Waals surface area (Å²) in [4.78, 5) is 14.4. The molecule has 1 saturated heterocycles. The van der Waals surface area contributed by atoms with Crippen molar-refractivity contribution in [2.45, 2.75) is 32.4 Å². The standard InChI is InChI=1S/C18H23BrN4O/c1-13-4-3-5-14(10-13)12-23-8-6-15(7-9-23)21-16-11-20-22(2)18(24)17(16)19/h3-5,10-11,15,21H,6-9,12H2,1-2H3. The first-order valence-electron chi connectivity index (χ1n) is 8.29. The monoisotopic (exact) mass is 390 g/mol. The average Bonchev–Trinajstić information content (AvgIpc) is 2.57. The first-order valence-corrected chi connectivity index (χ1v) is 9.08. The maximum Gasteiger partial charge on any atom is 0.282 e. The largest absolute Gasteiger partial charge is 0.380 e. The van der Waals surface area contributed by atoms with E-state index < -0.39 is 0 Å². The number of rotatable bonds is 4. The molecule has 1 aliphatic rings. The van der Waals surface area contributed by atoms with Gasteiger partial charge in [0.15, 0.2) is 0 Å². The Morgan fingerprint density at radius 2 is 2.08 bits per heavy atom. The molecule has 2 aromatic rings. The fourth-order valence-corrected chi connectivity index (χ4v) is 3.61. The van der Waals surface area contributed by atoms with Gasteiger partial charge >= 0.3 is 0 Å². The molecule has 2 heterocycles. The fourth-order valence-electron chi connectivity index (χ4n) is 3.14. The van der Waals surface area contributed by atoms with Gasteiger partial charge in [0.2, 0.25) is 0 Å². The summed E-state index contributed by atoms with van der Waals surface area (Å²) in [6.07, 6.45) is 3.84. The molecule has 5 nitrogen and oxygen atoms in total. The molecule has 0 saturated carbocycles. The van der Waals surface area contributed by atoms with Crippen LogP contribution in [0, 0.1) is 6.92 Å². The maximum absolute atomic E-state index is 11.9. The van der Waals surface area contributed by atoms with E-state index >= 15 is 0 Å². The molecule has 1 aliphatic heterocycles. The molecule has 1 aromatic heterocycles. The molecule has 24 heavy (non-hydrogen) atoms. The van der Waals surface area contributed by atoms with Gasteiger partial charge in [-0.15, -0.1) is 0 Å². The highest BCUT2D eigenvalue weighted by molar-refractivity contribution is 9.10. The summed E-state index contributed by atoms with van der Waals surface area (Å²) in [6.45, 7) is 5.25. The molecule has 0 aliphatic carbocycles. The summed E-state index contributed by atoms with van der Waals surface area (Å²) in [5.41, 5.74) is 3.36. The highest BCUT2D eigenvalue weighted by Gasteiger charge is 2.20. The highest BCUT2D eigenvalue weighted by Crippen LogP contribution is 2.22. The number of nitrogens with one attached hydrogen (secondary N) is 1. The number of nitrogens with zero attached hydrogens (tertiary/aromatic N) is 3. The summed E-state index contributed by atoms with van der Waals surface area (Å²) in [6, 6.07) is 9.09. The van der Waals surface area contributed by atoms with Crippen LogP contribution >= 0.6 is 15.9 Å². The second kappa shape index (κ2) is 7.49. The molecule has 1 aromatic carbocycles. The number of aryl methyl sites for hydroxylation is 2. The van der Waals surface area contributed by atoms with E-state index in [1.165, 1.54) is 15.8 Å². The number of likely N-dealkylation sites (tertiary alicyclic amines) is 1. The molecule has 0 bridgehead atoms. The Morgan fingerprint density at radius 3 is 2.79 bits per heavy atom. The number of anilines is 1. The Morgan fingerprint density at radius 1 is 1.33 bits per heavy atom. The van der Waals surface area contributed by atoms with Gasteiger partial charge in [-0.2, -0.15) is 5.10 Å². The van der Waals surface area contributed by atoms with Crippen LogP contribution in [0.5, 0.6) is 0 Å². The van der Waals surface area contributed by atoms with Gasteiger partial charge in [-0.1, -0.05) is 29.8 Å². The predicted molar refractivity (Wildman–Crippen MR) is 100 cm³/mol. The molecule has 1 N–H and O–H groups in total. The normalized spacial score (nSPS) is 16.3. The first-order chi connectivity index (χ1) is 11.5. The van der Waals surface area contributed by atoms with Crippen molar-refractivity contribution in [1.29, 1.82) is 0 Å². The third-order valence-corrected chi connectivity index (χ3v) is 5.28. The van der Waals surface area contributed by atoms with Crippen LogP contribution < -0.4 is 10.9 Å². The SMILES string of the molecule is Cc1cccc(CN2CCC(Nc3cnn(C)c(=O)c3Br)CC2)c1. The molecule has 6 heteroatoms. The van der Waals surface area contributed by atoms with Crippen molar-refractivity contribution < 1.29 is 0 Å². The van der Waals surface area contributed by atoms with E-state index in [1.807, 2.05) is 0 Å². The van der Waals surface area contributed by atoms with E-state index in [1.54, 1.807) is 13.2 Å². The van der Waals surface area contributed by atoms with Crippen LogP contribution in [0.3, 0.4) is 0 Å². The molecule has 1 fully saturated rings. The summed E-state index contributed by atoms with van der Waals surface area (Å²) in [5, 5.41) is 7.55. The molecular formula is C18H23BrN4O. The van der Waals surface area contributed by atoms with Gasteiger partial charge in [-0.25, -0.2) is 4.68 Å². The number of benzene rings is 1. The van der Waals surface area contributed by atoms with Gasteiger partial charge < -0.3 is 5.32 Å². The van der Waals surface area contributed by atoms with Crippen molar-refractivity contribution in [1.82, 2.24) is 14.7 Å². The molecule has 0 unspecified atom stereocenters. The Bertz CT molecular complexity index is 766. The number of hydrogen-bond acceptors (Lipinski definition) is 4. The zero-order valence-electron chi connectivity index (χ0n) is 14.1. The Hall–Kier alpha value is -1.66. The Labute approximate surface area is 150 Å². The Balaban J connectivity index is 1.56. The van der Waals surface area contributed by atoms with Crippen molar-refractivity contribution in [3.8, 4) is 0 Å². The number of hydrogen-bond donors (Lipinski definition) is 1. The van der Waals surface area contributed by atoms with E-state index in [4.69, 9.17) is 0 Å². The number of piperidine rings is 1. The third kappa shape index (κ3) is 4.05. The molecular weight excluding hydrogens is 368 g/mol. The van der Waals surface area contributed by atoms with Crippen LogP contribution in [0.2, 0.25) is 0 Å². The van der Waals surface area contributed by atoms with Gasteiger partial charge in [0.05, 0.1) is 11.9 Å². The Kier molecular flexibility index (Phi) is 5.36. The first kappa shape index (κ1) is 17.2. The minimum Gasteiger partial charge on any atom is -0.380 e. The second-order valence-corrected chi connectivity index (χ2v) is 7.28. The number of aromatic nitrogens is 2. The summed E-state index contributed by atoms with van der Waals surface area (Å²) < 4.78 is 1.89. The van der Waals surface area contributed by atoms with Gasteiger partial charge in [0.25, 0.3) is 5.56 Å². The van der Waals surface area contributed by atoms with Crippen LogP contribution in [0.25, 0.3) is 0 Å². The van der Waals surface area contributed by atoms with Gasteiger partial charge in [-0.3, -0.25) is 9.69 Å². The van der Waals surface area contributed by atoms with E-state index in [0.29, 0.717) is 10.5 Å². The zero-order chi connectivity index (χ0) is 17.1. The second-order valence-electron chi connectivity index (χ2n) is 6.48. The van der Waals surface area contributed by atoms with Crippen LogP contribution in [-0.2, 0) is 13.6 Å². The van der Waals surface area contributed by atoms with Crippen molar-refractivity contribution in [2.24, 2.45) is 7.05 Å². The lowest BCUT2D eigenvalue weighted by Crippen LogP contribution is -2.39. The molecule has 128 valence electrons. The molecule has 0 spiro atoms. The lowest BCUT2D eigenvalue weighted by Gasteiger charge is -2.33. The third-order valence-electron chi connectivity index (χ3n) is 4.51. The minimum atomic E-state index is -0.114. The maximum atomic E-state index is 11.9. The molecule has 0 amide bonds.